The molecular weight excluding hydrogens is 214 g/mol. The summed E-state index contributed by atoms with van der Waals surface area (Å²) < 4.78 is 1.85. The lowest BCUT2D eigenvalue weighted by atomic mass is 9.84. The van der Waals surface area contributed by atoms with Gasteiger partial charge in [0.25, 0.3) is 0 Å². The monoisotopic (exact) mass is 231 g/mol. The summed E-state index contributed by atoms with van der Waals surface area (Å²) in [6.07, 6.45) is 0. The summed E-state index contributed by atoms with van der Waals surface area (Å²) in [5.74, 6) is 1.44. The zero-order chi connectivity index (χ0) is 12.5. The SMILES string of the molecule is Cn1c(CO)nnc1C(C)(C)c1ccccc1. The second-order valence-corrected chi connectivity index (χ2v) is 4.65. The molecule has 1 aromatic carbocycles. The number of benzene rings is 1. The van der Waals surface area contributed by atoms with Gasteiger partial charge in [-0.3, -0.25) is 0 Å². The molecule has 0 fully saturated rings. The molecule has 0 aliphatic rings. The Hall–Kier alpha value is -1.68. The highest BCUT2D eigenvalue weighted by Gasteiger charge is 2.28. The van der Waals surface area contributed by atoms with Crippen molar-refractivity contribution in [1.29, 1.82) is 0 Å². The summed E-state index contributed by atoms with van der Waals surface area (Å²) in [7, 11) is 1.88. The van der Waals surface area contributed by atoms with E-state index in [0.717, 1.165) is 5.82 Å². The lowest BCUT2D eigenvalue weighted by Crippen LogP contribution is -2.24. The van der Waals surface area contributed by atoms with Gasteiger partial charge in [-0.2, -0.15) is 0 Å². The van der Waals surface area contributed by atoms with E-state index in [2.05, 4.69) is 36.2 Å². The second-order valence-electron chi connectivity index (χ2n) is 4.65. The van der Waals surface area contributed by atoms with Gasteiger partial charge in [0.05, 0.1) is 0 Å². The predicted molar refractivity (Wildman–Crippen MR) is 65.5 cm³/mol. The van der Waals surface area contributed by atoms with Gasteiger partial charge < -0.3 is 9.67 Å². The molecule has 17 heavy (non-hydrogen) atoms. The first-order valence-corrected chi connectivity index (χ1v) is 5.62. The molecule has 0 aliphatic heterocycles. The van der Waals surface area contributed by atoms with Crippen molar-refractivity contribution in [1.82, 2.24) is 14.8 Å². The average Bonchev–Trinajstić information content (AvgIpc) is 2.72. The number of aliphatic hydroxyl groups is 1. The van der Waals surface area contributed by atoms with Gasteiger partial charge in [0.2, 0.25) is 0 Å². The van der Waals surface area contributed by atoms with Crippen molar-refractivity contribution in [3.63, 3.8) is 0 Å². The van der Waals surface area contributed by atoms with Crippen LogP contribution in [-0.2, 0) is 19.1 Å². The van der Waals surface area contributed by atoms with Crippen LogP contribution in [0, 0.1) is 0 Å². The molecule has 1 N–H and O–H groups in total. The van der Waals surface area contributed by atoms with Crippen LogP contribution in [-0.4, -0.2) is 19.9 Å². The summed E-state index contributed by atoms with van der Waals surface area (Å²) in [6.45, 7) is 4.12. The molecule has 0 saturated carbocycles. The molecule has 0 unspecified atom stereocenters. The molecular formula is C13H17N3O. The minimum Gasteiger partial charge on any atom is -0.388 e. The van der Waals surface area contributed by atoms with Crippen LogP contribution in [0.15, 0.2) is 30.3 Å². The number of rotatable bonds is 3. The largest absolute Gasteiger partial charge is 0.388 e. The average molecular weight is 231 g/mol. The minimum absolute atomic E-state index is 0.0889. The Kier molecular flexibility index (Phi) is 2.98. The Bertz CT molecular complexity index is 503. The minimum atomic E-state index is -0.226. The summed E-state index contributed by atoms with van der Waals surface area (Å²) in [5, 5.41) is 17.3. The third-order valence-corrected chi connectivity index (χ3v) is 3.16. The Morgan fingerprint density at radius 1 is 1.18 bits per heavy atom. The van der Waals surface area contributed by atoms with Crippen LogP contribution in [0.5, 0.6) is 0 Å². The van der Waals surface area contributed by atoms with Crippen LogP contribution in [0.25, 0.3) is 0 Å². The molecule has 1 aromatic heterocycles. The standard InChI is InChI=1S/C13H17N3O/c1-13(2,10-7-5-4-6-8-10)12-15-14-11(9-17)16(12)3/h4-8,17H,9H2,1-3H3. The first-order valence-electron chi connectivity index (χ1n) is 5.62. The predicted octanol–water partition coefficient (Wildman–Crippen LogP) is 1.63. The highest BCUT2D eigenvalue weighted by Crippen LogP contribution is 2.29. The van der Waals surface area contributed by atoms with Crippen molar-refractivity contribution in [3.8, 4) is 0 Å². The van der Waals surface area contributed by atoms with Crippen LogP contribution in [0.4, 0.5) is 0 Å². The van der Waals surface area contributed by atoms with Crippen molar-refractivity contribution in [2.75, 3.05) is 0 Å². The van der Waals surface area contributed by atoms with E-state index in [4.69, 9.17) is 5.11 Å². The lowest BCUT2D eigenvalue weighted by molar-refractivity contribution is 0.266. The molecule has 0 spiro atoms. The lowest BCUT2D eigenvalue weighted by Gasteiger charge is -2.24. The molecule has 2 rings (SSSR count). The van der Waals surface area contributed by atoms with Crippen LogP contribution >= 0.6 is 0 Å². The first-order chi connectivity index (χ1) is 8.07. The molecule has 4 nitrogen and oxygen atoms in total. The molecule has 0 bridgehead atoms. The number of aliphatic hydroxyl groups excluding tert-OH is 1. The molecule has 2 aromatic rings. The zero-order valence-electron chi connectivity index (χ0n) is 10.4. The van der Waals surface area contributed by atoms with Gasteiger partial charge in [-0.1, -0.05) is 30.3 Å². The molecule has 90 valence electrons. The Morgan fingerprint density at radius 2 is 1.82 bits per heavy atom. The van der Waals surface area contributed by atoms with Gasteiger partial charge in [-0.15, -0.1) is 10.2 Å². The van der Waals surface area contributed by atoms with Gasteiger partial charge in [0, 0.05) is 12.5 Å². The molecule has 0 saturated heterocycles. The molecule has 0 atom stereocenters. The van der Waals surface area contributed by atoms with E-state index in [1.807, 2.05) is 29.8 Å². The van der Waals surface area contributed by atoms with Crippen molar-refractivity contribution in [2.24, 2.45) is 7.05 Å². The fraction of sp³-hybridized carbons (Fsp3) is 0.385. The van der Waals surface area contributed by atoms with E-state index in [-0.39, 0.29) is 12.0 Å². The fourth-order valence-corrected chi connectivity index (χ4v) is 2.03. The van der Waals surface area contributed by atoms with Crippen molar-refractivity contribution >= 4 is 0 Å². The van der Waals surface area contributed by atoms with Gasteiger partial charge >= 0.3 is 0 Å². The van der Waals surface area contributed by atoms with E-state index >= 15 is 0 Å². The zero-order valence-corrected chi connectivity index (χ0v) is 10.4. The topological polar surface area (TPSA) is 50.9 Å². The van der Waals surface area contributed by atoms with E-state index in [0.29, 0.717) is 5.82 Å². The molecule has 1 heterocycles. The van der Waals surface area contributed by atoms with E-state index < -0.39 is 0 Å². The first kappa shape index (κ1) is 11.8. The molecule has 0 aliphatic carbocycles. The van der Waals surface area contributed by atoms with Gasteiger partial charge in [-0.05, 0) is 19.4 Å². The Balaban J connectivity index is 2.48. The Labute approximate surface area is 101 Å². The second kappa shape index (κ2) is 4.30. The smallest absolute Gasteiger partial charge is 0.158 e. The number of hydrogen-bond donors (Lipinski definition) is 1. The highest BCUT2D eigenvalue weighted by molar-refractivity contribution is 5.30. The van der Waals surface area contributed by atoms with E-state index in [1.54, 1.807) is 0 Å². The van der Waals surface area contributed by atoms with Gasteiger partial charge in [0.15, 0.2) is 5.82 Å². The normalized spacial score (nSPS) is 11.8. The van der Waals surface area contributed by atoms with Crippen molar-refractivity contribution in [2.45, 2.75) is 25.9 Å². The fourth-order valence-electron chi connectivity index (χ4n) is 2.03. The molecule has 4 heteroatoms. The number of aromatic nitrogens is 3. The van der Waals surface area contributed by atoms with Crippen LogP contribution in [0.3, 0.4) is 0 Å². The van der Waals surface area contributed by atoms with Crippen LogP contribution < -0.4 is 0 Å². The van der Waals surface area contributed by atoms with Crippen LogP contribution in [0.1, 0.15) is 31.1 Å². The van der Waals surface area contributed by atoms with Crippen molar-refractivity contribution in [3.05, 3.63) is 47.5 Å². The molecule has 0 radical (unpaired) electrons. The Morgan fingerprint density at radius 3 is 2.35 bits per heavy atom. The maximum Gasteiger partial charge on any atom is 0.158 e. The highest BCUT2D eigenvalue weighted by atomic mass is 16.3. The van der Waals surface area contributed by atoms with E-state index in [1.165, 1.54) is 5.56 Å². The number of hydrogen-bond acceptors (Lipinski definition) is 3. The maximum absolute atomic E-state index is 9.14. The quantitative estimate of drug-likeness (QED) is 0.873. The van der Waals surface area contributed by atoms with Crippen LogP contribution in [0.2, 0.25) is 0 Å². The summed E-state index contributed by atoms with van der Waals surface area (Å²) in [6, 6.07) is 10.2. The molecule has 0 amide bonds. The summed E-state index contributed by atoms with van der Waals surface area (Å²) in [5.41, 5.74) is 0.955. The summed E-state index contributed by atoms with van der Waals surface area (Å²) in [4.78, 5) is 0. The van der Waals surface area contributed by atoms with E-state index in [9.17, 15) is 0 Å². The van der Waals surface area contributed by atoms with Crippen molar-refractivity contribution < 1.29 is 5.11 Å². The van der Waals surface area contributed by atoms with Gasteiger partial charge in [-0.25, -0.2) is 0 Å². The third-order valence-electron chi connectivity index (χ3n) is 3.16. The maximum atomic E-state index is 9.14. The van der Waals surface area contributed by atoms with Gasteiger partial charge in [0.1, 0.15) is 12.4 Å². The third kappa shape index (κ3) is 1.96. The number of nitrogens with zero attached hydrogens (tertiary/aromatic N) is 3. The summed E-state index contributed by atoms with van der Waals surface area (Å²) >= 11 is 0.